The Kier molecular flexibility index (Phi) is 5.28. The summed E-state index contributed by atoms with van der Waals surface area (Å²) in [4.78, 5) is 11.6. The molecule has 3 heteroatoms. The van der Waals surface area contributed by atoms with E-state index in [1.807, 2.05) is 20.8 Å². The molecule has 1 aliphatic carbocycles. The Labute approximate surface area is 118 Å². The van der Waals surface area contributed by atoms with Crippen LogP contribution in [0.4, 0.5) is 4.79 Å². The number of hydrogen-bond acceptors (Lipinski definition) is 2. The Morgan fingerprint density at radius 1 is 1.05 bits per heavy atom. The van der Waals surface area contributed by atoms with Crippen LogP contribution < -0.4 is 5.32 Å². The van der Waals surface area contributed by atoms with Crippen molar-refractivity contribution in [1.82, 2.24) is 5.32 Å². The minimum absolute atomic E-state index is 0.287. The molecule has 1 N–H and O–H groups in total. The Morgan fingerprint density at radius 3 is 2.00 bits per heavy atom. The molecule has 112 valence electrons. The first-order chi connectivity index (χ1) is 8.58. The lowest BCUT2D eigenvalue weighted by Gasteiger charge is -2.37. The summed E-state index contributed by atoms with van der Waals surface area (Å²) < 4.78 is 5.25. The highest BCUT2D eigenvalue weighted by atomic mass is 16.6. The van der Waals surface area contributed by atoms with E-state index in [1.54, 1.807) is 0 Å². The number of hydrogen-bond donors (Lipinski definition) is 1. The van der Waals surface area contributed by atoms with Gasteiger partial charge in [0.2, 0.25) is 0 Å². The Bertz CT molecular complexity index is 291. The SMILES string of the molecule is CC(C)(C)OC(=O)NCC1CCC(C(C)(C)C)CC1. The summed E-state index contributed by atoms with van der Waals surface area (Å²) in [7, 11) is 0. The molecule has 19 heavy (non-hydrogen) atoms. The van der Waals surface area contributed by atoms with Gasteiger partial charge < -0.3 is 10.1 Å². The summed E-state index contributed by atoms with van der Waals surface area (Å²) in [5.74, 6) is 1.44. The maximum Gasteiger partial charge on any atom is 0.407 e. The number of rotatable bonds is 2. The topological polar surface area (TPSA) is 38.3 Å². The van der Waals surface area contributed by atoms with E-state index < -0.39 is 5.60 Å². The fourth-order valence-electron chi connectivity index (χ4n) is 2.77. The molecule has 0 bridgehead atoms. The standard InChI is InChI=1S/C16H31NO2/c1-15(2,3)13-9-7-12(8-10-13)11-17-14(18)19-16(4,5)6/h12-13H,7-11H2,1-6H3,(H,17,18). The summed E-state index contributed by atoms with van der Waals surface area (Å²) in [6.07, 6.45) is 4.72. The first-order valence-electron chi connectivity index (χ1n) is 7.55. The van der Waals surface area contributed by atoms with Gasteiger partial charge in [-0.2, -0.15) is 0 Å². The highest BCUT2D eigenvalue weighted by Crippen LogP contribution is 2.39. The molecule has 1 aliphatic rings. The molecule has 0 aromatic heterocycles. The van der Waals surface area contributed by atoms with Gasteiger partial charge >= 0.3 is 6.09 Å². The fourth-order valence-corrected chi connectivity index (χ4v) is 2.77. The van der Waals surface area contributed by atoms with Gasteiger partial charge in [-0.3, -0.25) is 0 Å². The van der Waals surface area contributed by atoms with Gasteiger partial charge in [-0.1, -0.05) is 20.8 Å². The van der Waals surface area contributed by atoms with E-state index in [0.29, 0.717) is 11.3 Å². The molecule has 1 saturated carbocycles. The molecule has 0 heterocycles. The van der Waals surface area contributed by atoms with E-state index >= 15 is 0 Å². The molecule has 0 aliphatic heterocycles. The van der Waals surface area contributed by atoms with Gasteiger partial charge in [0.05, 0.1) is 0 Å². The largest absolute Gasteiger partial charge is 0.444 e. The van der Waals surface area contributed by atoms with E-state index in [4.69, 9.17) is 4.74 Å². The third-order valence-electron chi connectivity index (χ3n) is 4.01. The predicted molar refractivity (Wildman–Crippen MR) is 79.1 cm³/mol. The van der Waals surface area contributed by atoms with Crippen LogP contribution in [0.2, 0.25) is 0 Å². The van der Waals surface area contributed by atoms with Crippen LogP contribution in [0.5, 0.6) is 0 Å². The van der Waals surface area contributed by atoms with Gasteiger partial charge in [0.1, 0.15) is 5.60 Å². The van der Waals surface area contributed by atoms with Gasteiger partial charge in [-0.05, 0) is 63.7 Å². The number of alkyl carbamates (subject to hydrolysis) is 1. The predicted octanol–water partition coefficient (Wildman–Crippen LogP) is 4.36. The van der Waals surface area contributed by atoms with E-state index in [-0.39, 0.29) is 6.09 Å². The number of carbonyl (C=O) groups excluding carboxylic acids is 1. The van der Waals surface area contributed by atoms with Crippen LogP contribution in [0.15, 0.2) is 0 Å². The van der Waals surface area contributed by atoms with Crippen LogP contribution in [0.1, 0.15) is 67.2 Å². The van der Waals surface area contributed by atoms with Crippen LogP contribution >= 0.6 is 0 Å². The summed E-state index contributed by atoms with van der Waals surface area (Å²) >= 11 is 0. The van der Waals surface area contributed by atoms with Gasteiger partial charge in [0.15, 0.2) is 0 Å². The monoisotopic (exact) mass is 269 g/mol. The summed E-state index contributed by atoms with van der Waals surface area (Å²) in [5.41, 5.74) is 0.0115. The smallest absolute Gasteiger partial charge is 0.407 e. The van der Waals surface area contributed by atoms with Crippen molar-refractivity contribution in [1.29, 1.82) is 0 Å². The highest BCUT2D eigenvalue weighted by molar-refractivity contribution is 5.67. The second-order valence-electron chi connectivity index (χ2n) is 7.97. The molecule has 1 rings (SSSR count). The highest BCUT2D eigenvalue weighted by Gasteiger charge is 2.29. The second-order valence-corrected chi connectivity index (χ2v) is 7.97. The van der Waals surface area contributed by atoms with Crippen molar-refractivity contribution in [3.8, 4) is 0 Å². The molecule has 1 amide bonds. The molecule has 0 unspecified atom stereocenters. The van der Waals surface area contributed by atoms with Crippen molar-refractivity contribution in [2.24, 2.45) is 17.3 Å². The Balaban J connectivity index is 2.25. The average Bonchev–Trinajstić information content (AvgIpc) is 2.23. The number of nitrogens with one attached hydrogen (secondary N) is 1. The number of amides is 1. The molecule has 0 atom stereocenters. The number of ether oxygens (including phenoxy) is 1. The van der Waals surface area contributed by atoms with Crippen LogP contribution in [-0.4, -0.2) is 18.2 Å². The third-order valence-corrected chi connectivity index (χ3v) is 4.01. The van der Waals surface area contributed by atoms with E-state index in [1.165, 1.54) is 25.7 Å². The minimum Gasteiger partial charge on any atom is -0.444 e. The van der Waals surface area contributed by atoms with Crippen LogP contribution in [-0.2, 0) is 4.74 Å². The van der Waals surface area contributed by atoms with Crippen molar-refractivity contribution in [2.75, 3.05) is 6.54 Å². The molecular weight excluding hydrogens is 238 g/mol. The second kappa shape index (κ2) is 6.15. The van der Waals surface area contributed by atoms with Gasteiger partial charge in [0.25, 0.3) is 0 Å². The Hall–Kier alpha value is -0.730. The summed E-state index contributed by atoms with van der Waals surface area (Å²) in [6, 6.07) is 0. The zero-order chi connectivity index (χ0) is 14.7. The van der Waals surface area contributed by atoms with Crippen molar-refractivity contribution in [3.05, 3.63) is 0 Å². The quantitative estimate of drug-likeness (QED) is 0.808. The first-order valence-corrected chi connectivity index (χ1v) is 7.55. The van der Waals surface area contributed by atoms with Gasteiger partial charge in [-0.25, -0.2) is 4.79 Å². The van der Waals surface area contributed by atoms with E-state index in [0.717, 1.165) is 12.5 Å². The normalized spacial score (nSPS) is 24.9. The lowest BCUT2D eigenvalue weighted by Crippen LogP contribution is -2.37. The minimum atomic E-state index is -0.409. The zero-order valence-corrected chi connectivity index (χ0v) is 13.5. The van der Waals surface area contributed by atoms with E-state index in [2.05, 4.69) is 26.1 Å². The maximum absolute atomic E-state index is 11.6. The van der Waals surface area contributed by atoms with Gasteiger partial charge in [0, 0.05) is 6.54 Å². The average molecular weight is 269 g/mol. The first kappa shape index (κ1) is 16.3. The fraction of sp³-hybridized carbons (Fsp3) is 0.938. The molecule has 0 aromatic rings. The van der Waals surface area contributed by atoms with Crippen molar-refractivity contribution in [3.63, 3.8) is 0 Å². The summed E-state index contributed by atoms with van der Waals surface area (Å²) in [5, 5.41) is 2.90. The molecular formula is C16H31NO2. The van der Waals surface area contributed by atoms with Crippen LogP contribution in [0.25, 0.3) is 0 Å². The van der Waals surface area contributed by atoms with E-state index in [9.17, 15) is 4.79 Å². The molecule has 0 spiro atoms. The lowest BCUT2D eigenvalue weighted by atomic mass is 9.70. The van der Waals surface area contributed by atoms with Crippen LogP contribution in [0.3, 0.4) is 0 Å². The van der Waals surface area contributed by atoms with Gasteiger partial charge in [-0.15, -0.1) is 0 Å². The Morgan fingerprint density at radius 2 is 1.58 bits per heavy atom. The zero-order valence-electron chi connectivity index (χ0n) is 13.5. The summed E-state index contributed by atoms with van der Waals surface area (Å²) in [6.45, 7) is 13.4. The van der Waals surface area contributed by atoms with Crippen molar-refractivity contribution < 1.29 is 9.53 Å². The molecule has 1 fully saturated rings. The maximum atomic E-state index is 11.6. The van der Waals surface area contributed by atoms with Crippen LogP contribution in [0, 0.1) is 17.3 Å². The molecule has 3 nitrogen and oxygen atoms in total. The molecule has 0 saturated heterocycles. The molecule has 0 radical (unpaired) electrons. The van der Waals surface area contributed by atoms with Crippen molar-refractivity contribution >= 4 is 6.09 Å². The van der Waals surface area contributed by atoms with Crippen molar-refractivity contribution in [2.45, 2.75) is 72.8 Å². The lowest BCUT2D eigenvalue weighted by molar-refractivity contribution is 0.0507. The number of carbonyl (C=O) groups is 1. The molecule has 0 aromatic carbocycles. The third kappa shape index (κ3) is 6.31.